The lowest BCUT2D eigenvalue weighted by Gasteiger charge is -2.11. The van der Waals surface area contributed by atoms with E-state index in [1.807, 2.05) is 19.1 Å². The summed E-state index contributed by atoms with van der Waals surface area (Å²) in [6.07, 6.45) is 1.45. The number of anilines is 1. The van der Waals surface area contributed by atoms with Gasteiger partial charge in [-0.3, -0.25) is 19.1 Å². The van der Waals surface area contributed by atoms with Crippen molar-refractivity contribution >= 4 is 16.7 Å². The lowest BCUT2D eigenvalue weighted by molar-refractivity contribution is 0.616. The van der Waals surface area contributed by atoms with Crippen LogP contribution in [0.2, 0.25) is 0 Å². The highest BCUT2D eigenvalue weighted by atomic mass is 19.1. The third kappa shape index (κ3) is 2.38. The first-order valence-corrected chi connectivity index (χ1v) is 8.01. The third-order valence-corrected chi connectivity index (χ3v) is 4.49. The lowest BCUT2D eigenvalue weighted by atomic mass is 10.1. The molecule has 3 aromatic heterocycles. The molecule has 0 atom stereocenters. The first-order valence-electron chi connectivity index (χ1n) is 8.01. The SMILES string of the molecule is Cc1cc(-c2cn(-c3c(F)cccc3C#N)c(=O)c3c(N)n[nH]c23)nn1C. The molecule has 9 heteroatoms. The molecular formula is C18H14FN7O. The van der Waals surface area contributed by atoms with Gasteiger partial charge < -0.3 is 5.73 Å². The van der Waals surface area contributed by atoms with Crippen LogP contribution in [0.3, 0.4) is 0 Å². The molecule has 1 aromatic carbocycles. The number of fused-ring (bicyclic) bond motifs is 1. The van der Waals surface area contributed by atoms with E-state index in [2.05, 4.69) is 15.3 Å². The van der Waals surface area contributed by atoms with Gasteiger partial charge in [0.1, 0.15) is 23.0 Å². The lowest BCUT2D eigenvalue weighted by Crippen LogP contribution is -2.21. The number of nitrogens with two attached hydrogens (primary N) is 1. The van der Waals surface area contributed by atoms with E-state index >= 15 is 0 Å². The van der Waals surface area contributed by atoms with Crippen molar-refractivity contribution in [1.82, 2.24) is 24.5 Å². The Morgan fingerprint density at radius 1 is 1.37 bits per heavy atom. The predicted molar refractivity (Wildman–Crippen MR) is 97.7 cm³/mol. The molecule has 0 fully saturated rings. The fourth-order valence-electron chi connectivity index (χ4n) is 3.04. The van der Waals surface area contributed by atoms with Gasteiger partial charge in [0.05, 0.1) is 16.8 Å². The zero-order valence-electron chi connectivity index (χ0n) is 14.5. The molecule has 8 nitrogen and oxygen atoms in total. The molecule has 0 saturated carbocycles. The Balaban J connectivity index is 2.16. The molecule has 4 aromatic rings. The summed E-state index contributed by atoms with van der Waals surface area (Å²) in [4.78, 5) is 13.0. The summed E-state index contributed by atoms with van der Waals surface area (Å²) in [6, 6.07) is 7.79. The van der Waals surface area contributed by atoms with Crippen molar-refractivity contribution in [2.45, 2.75) is 6.92 Å². The largest absolute Gasteiger partial charge is 0.382 e. The molecule has 0 unspecified atom stereocenters. The topological polar surface area (TPSA) is 118 Å². The van der Waals surface area contributed by atoms with Crippen molar-refractivity contribution in [1.29, 1.82) is 5.26 Å². The fraction of sp³-hybridized carbons (Fsp3) is 0.111. The van der Waals surface area contributed by atoms with E-state index in [1.165, 1.54) is 24.4 Å². The summed E-state index contributed by atoms with van der Waals surface area (Å²) in [5, 5.41) is 20.6. The number of benzene rings is 1. The molecule has 0 aliphatic heterocycles. The minimum atomic E-state index is -0.694. The molecule has 3 N–H and O–H groups in total. The maximum atomic E-state index is 14.5. The number of aryl methyl sites for hydroxylation is 2. The molecule has 0 amide bonds. The number of halogens is 1. The molecule has 0 aliphatic rings. The van der Waals surface area contributed by atoms with Gasteiger partial charge in [0.15, 0.2) is 5.82 Å². The second kappa shape index (κ2) is 5.81. The van der Waals surface area contributed by atoms with Gasteiger partial charge in [0, 0.05) is 24.5 Å². The van der Waals surface area contributed by atoms with Gasteiger partial charge in [-0.05, 0) is 25.1 Å². The van der Waals surface area contributed by atoms with Crippen molar-refractivity contribution in [3.05, 3.63) is 57.9 Å². The van der Waals surface area contributed by atoms with Gasteiger partial charge in [0.2, 0.25) is 0 Å². The van der Waals surface area contributed by atoms with E-state index < -0.39 is 11.4 Å². The van der Waals surface area contributed by atoms with Crippen LogP contribution in [0, 0.1) is 24.1 Å². The molecule has 0 saturated heterocycles. The predicted octanol–water partition coefficient (Wildman–Crippen LogP) is 2.02. The summed E-state index contributed by atoms with van der Waals surface area (Å²) < 4.78 is 17.3. The van der Waals surface area contributed by atoms with Gasteiger partial charge in [0.25, 0.3) is 5.56 Å². The highest BCUT2D eigenvalue weighted by Gasteiger charge is 2.21. The van der Waals surface area contributed by atoms with Crippen LogP contribution in [0.1, 0.15) is 11.3 Å². The molecular weight excluding hydrogens is 349 g/mol. The minimum Gasteiger partial charge on any atom is -0.382 e. The van der Waals surface area contributed by atoms with E-state index in [0.717, 1.165) is 10.3 Å². The molecule has 0 aliphatic carbocycles. The number of nitrogens with zero attached hydrogens (tertiary/aromatic N) is 5. The van der Waals surface area contributed by atoms with Crippen molar-refractivity contribution in [3.8, 4) is 23.0 Å². The van der Waals surface area contributed by atoms with Gasteiger partial charge >= 0.3 is 0 Å². The molecule has 4 rings (SSSR count). The number of nitrogen functional groups attached to an aromatic ring is 1. The van der Waals surface area contributed by atoms with Crippen LogP contribution < -0.4 is 11.3 Å². The maximum absolute atomic E-state index is 14.5. The molecule has 134 valence electrons. The van der Waals surface area contributed by atoms with Crippen LogP contribution in [-0.2, 0) is 7.05 Å². The molecule has 3 heterocycles. The normalized spacial score (nSPS) is 11.0. The number of aromatic nitrogens is 5. The monoisotopic (exact) mass is 363 g/mol. The third-order valence-electron chi connectivity index (χ3n) is 4.49. The van der Waals surface area contributed by atoms with Crippen molar-refractivity contribution in [2.75, 3.05) is 5.73 Å². The molecule has 0 spiro atoms. The van der Waals surface area contributed by atoms with E-state index in [9.17, 15) is 14.4 Å². The summed E-state index contributed by atoms with van der Waals surface area (Å²) in [5.41, 5.74) is 7.57. The smallest absolute Gasteiger partial charge is 0.268 e. The average Bonchev–Trinajstić information content (AvgIpc) is 3.19. The number of hydrogen-bond acceptors (Lipinski definition) is 5. The van der Waals surface area contributed by atoms with Crippen LogP contribution in [0.25, 0.3) is 27.8 Å². The van der Waals surface area contributed by atoms with Crippen LogP contribution in [-0.4, -0.2) is 24.5 Å². The summed E-state index contributed by atoms with van der Waals surface area (Å²) >= 11 is 0. The number of para-hydroxylation sites is 1. The fourth-order valence-corrected chi connectivity index (χ4v) is 3.04. The zero-order valence-corrected chi connectivity index (χ0v) is 14.5. The summed E-state index contributed by atoms with van der Waals surface area (Å²) in [7, 11) is 1.79. The van der Waals surface area contributed by atoms with Gasteiger partial charge in [-0.25, -0.2) is 4.39 Å². The number of aromatic amines is 1. The van der Waals surface area contributed by atoms with E-state index in [0.29, 0.717) is 16.8 Å². The minimum absolute atomic E-state index is 0.00639. The summed E-state index contributed by atoms with van der Waals surface area (Å²) in [6.45, 7) is 1.88. The Morgan fingerprint density at radius 3 is 2.81 bits per heavy atom. The highest BCUT2D eigenvalue weighted by Crippen LogP contribution is 2.29. The maximum Gasteiger partial charge on any atom is 0.268 e. The molecule has 27 heavy (non-hydrogen) atoms. The Morgan fingerprint density at radius 2 is 2.15 bits per heavy atom. The van der Waals surface area contributed by atoms with Crippen LogP contribution >= 0.6 is 0 Å². The van der Waals surface area contributed by atoms with Crippen molar-refractivity contribution in [3.63, 3.8) is 0 Å². The number of nitriles is 1. The standard InChI is InChI=1S/C18H14FN7O/c1-9-6-13(24-25(9)2)11-8-26(16-10(7-20)4-3-5-12(16)19)18(27)14-15(11)22-23-17(14)21/h3-6,8H,1-2H3,(H3,21,22,23). The van der Waals surface area contributed by atoms with Crippen LogP contribution in [0.15, 0.2) is 35.3 Å². The number of nitrogens with one attached hydrogen (secondary N) is 1. The Labute approximate surface area is 152 Å². The number of rotatable bonds is 2. The number of pyridine rings is 1. The first-order chi connectivity index (χ1) is 12.9. The second-order valence-electron chi connectivity index (χ2n) is 6.12. The van der Waals surface area contributed by atoms with Crippen molar-refractivity contribution < 1.29 is 4.39 Å². The van der Waals surface area contributed by atoms with E-state index in [4.69, 9.17) is 5.73 Å². The zero-order chi connectivity index (χ0) is 19.3. The molecule has 0 radical (unpaired) electrons. The Bertz CT molecular complexity index is 1290. The van der Waals surface area contributed by atoms with Gasteiger partial charge in [-0.1, -0.05) is 6.07 Å². The Kier molecular flexibility index (Phi) is 3.56. The summed E-state index contributed by atoms with van der Waals surface area (Å²) in [5.74, 6) is -0.700. The van der Waals surface area contributed by atoms with Crippen LogP contribution in [0.5, 0.6) is 0 Å². The van der Waals surface area contributed by atoms with Gasteiger partial charge in [-0.2, -0.15) is 15.5 Å². The first kappa shape index (κ1) is 16.5. The molecule has 0 bridgehead atoms. The second-order valence-corrected chi connectivity index (χ2v) is 6.12. The van der Waals surface area contributed by atoms with Gasteiger partial charge in [-0.15, -0.1) is 0 Å². The quantitative estimate of drug-likeness (QED) is 0.565. The highest BCUT2D eigenvalue weighted by molar-refractivity contribution is 5.97. The van der Waals surface area contributed by atoms with E-state index in [1.54, 1.807) is 11.7 Å². The van der Waals surface area contributed by atoms with Crippen molar-refractivity contribution in [2.24, 2.45) is 7.05 Å². The Hall–Kier alpha value is -3.93. The number of hydrogen-bond donors (Lipinski definition) is 2. The van der Waals surface area contributed by atoms with Crippen LogP contribution in [0.4, 0.5) is 10.2 Å². The van der Waals surface area contributed by atoms with E-state index in [-0.39, 0.29) is 22.5 Å². The average molecular weight is 363 g/mol. The number of H-pyrrole nitrogens is 1.